The average molecular weight is 250 g/mol. The van der Waals surface area contributed by atoms with E-state index in [1.807, 2.05) is 20.0 Å². The SMILES string of the molecule is CCC(C)CN(CC)Cc1nc(C)cc(NC)n1. The highest BCUT2D eigenvalue weighted by molar-refractivity contribution is 5.34. The molecule has 0 aromatic carbocycles. The molecule has 18 heavy (non-hydrogen) atoms. The first-order chi connectivity index (χ1) is 8.58. The molecular formula is C14H26N4. The van der Waals surface area contributed by atoms with Crippen molar-refractivity contribution in [1.29, 1.82) is 0 Å². The molecule has 0 radical (unpaired) electrons. The van der Waals surface area contributed by atoms with Crippen LogP contribution in [0.4, 0.5) is 5.82 Å². The third-order valence-electron chi connectivity index (χ3n) is 3.24. The lowest BCUT2D eigenvalue weighted by atomic mass is 10.1. The quantitative estimate of drug-likeness (QED) is 0.808. The maximum absolute atomic E-state index is 4.51. The molecule has 102 valence electrons. The normalized spacial score (nSPS) is 12.8. The largest absolute Gasteiger partial charge is 0.373 e. The molecule has 0 saturated carbocycles. The Morgan fingerprint density at radius 1 is 1.33 bits per heavy atom. The molecule has 0 aliphatic rings. The highest BCUT2D eigenvalue weighted by Gasteiger charge is 2.10. The predicted molar refractivity (Wildman–Crippen MR) is 76.7 cm³/mol. The Balaban J connectivity index is 2.71. The van der Waals surface area contributed by atoms with Crippen LogP contribution in [-0.4, -0.2) is 35.0 Å². The van der Waals surface area contributed by atoms with Gasteiger partial charge in [0.15, 0.2) is 0 Å². The van der Waals surface area contributed by atoms with Gasteiger partial charge in [-0.3, -0.25) is 4.90 Å². The summed E-state index contributed by atoms with van der Waals surface area (Å²) < 4.78 is 0. The van der Waals surface area contributed by atoms with Crippen molar-refractivity contribution >= 4 is 5.82 Å². The summed E-state index contributed by atoms with van der Waals surface area (Å²) in [5.74, 6) is 2.53. The third kappa shape index (κ3) is 4.61. The van der Waals surface area contributed by atoms with E-state index in [-0.39, 0.29) is 0 Å². The number of hydrogen-bond acceptors (Lipinski definition) is 4. The van der Waals surface area contributed by atoms with Crippen LogP contribution in [0, 0.1) is 12.8 Å². The van der Waals surface area contributed by atoms with Crippen LogP contribution in [0.1, 0.15) is 38.7 Å². The Bertz CT molecular complexity index is 365. The zero-order chi connectivity index (χ0) is 13.5. The molecule has 0 amide bonds. The molecule has 1 atom stereocenters. The molecule has 1 aromatic rings. The van der Waals surface area contributed by atoms with E-state index in [2.05, 4.69) is 41.0 Å². The van der Waals surface area contributed by atoms with E-state index in [4.69, 9.17) is 0 Å². The van der Waals surface area contributed by atoms with Crippen molar-refractivity contribution in [2.45, 2.75) is 40.7 Å². The van der Waals surface area contributed by atoms with Gasteiger partial charge in [0, 0.05) is 25.4 Å². The Morgan fingerprint density at radius 2 is 2.06 bits per heavy atom. The van der Waals surface area contributed by atoms with Crippen molar-refractivity contribution in [3.05, 3.63) is 17.6 Å². The molecule has 0 fully saturated rings. The summed E-state index contributed by atoms with van der Waals surface area (Å²) in [5, 5.41) is 3.08. The fourth-order valence-electron chi connectivity index (χ4n) is 1.90. The van der Waals surface area contributed by atoms with Gasteiger partial charge in [-0.05, 0) is 19.4 Å². The number of rotatable bonds is 7. The molecule has 4 heteroatoms. The van der Waals surface area contributed by atoms with Crippen molar-refractivity contribution in [1.82, 2.24) is 14.9 Å². The molecule has 0 saturated heterocycles. The third-order valence-corrected chi connectivity index (χ3v) is 3.24. The van der Waals surface area contributed by atoms with Crippen LogP contribution >= 0.6 is 0 Å². The van der Waals surface area contributed by atoms with Crippen LogP contribution in [0.25, 0.3) is 0 Å². The molecule has 1 unspecified atom stereocenters. The molecular weight excluding hydrogens is 224 g/mol. The lowest BCUT2D eigenvalue weighted by Gasteiger charge is -2.23. The summed E-state index contributed by atoms with van der Waals surface area (Å²) in [6.45, 7) is 11.7. The number of hydrogen-bond donors (Lipinski definition) is 1. The first kappa shape index (κ1) is 14.9. The summed E-state index contributed by atoms with van der Waals surface area (Å²) in [4.78, 5) is 11.4. The fraction of sp³-hybridized carbons (Fsp3) is 0.714. The van der Waals surface area contributed by atoms with E-state index in [1.165, 1.54) is 6.42 Å². The van der Waals surface area contributed by atoms with Crippen molar-refractivity contribution < 1.29 is 0 Å². The predicted octanol–water partition coefficient (Wildman–Crippen LogP) is 2.69. The number of nitrogens with zero attached hydrogens (tertiary/aromatic N) is 3. The van der Waals surface area contributed by atoms with Crippen LogP contribution in [-0.2, 0) is 6.54 Å². The van der Waals surface area contributed by atoms with Gasteiger partial charge in [-0.25, -0.2) is 9.97 Å². The first-order valence-electron chi connectivity index (χ1n) is 6.83. The average Bonchev–Trinajstić information content (AvgIpc) is 2.36. The zero-order valence-electron chi connectivity index (χ0n) is 12.3. The lowest BCUT2D eigenvalue weighted by Crippen LogP contribution is -2.28. The minimum Gasteiger partial charge on any atom is -0.373 e. The van der Waals surface area contributed by atoms with E-state index in [0.717, 1.165) is 42.9 Å². The van der Waals surface area contributed by atoms with Gasteiger partial charge in [0.05, 0.1) is 6.54 Å². The van der Waals surface area contributed by atoms with E-state index in [0.29, 0.717) is 0 Å². The maximum Gasteiger partial charge on any atom is 0.144 e. The second kappa shape index (κ2) is 7.31. The molecule has 0 spiro atoms. The van der Waals surface area contributed by atoms with Crippen molar-refractivity contribution in [2.24, 2.45) is 5.92 Å². The van der Waals surface area contributed by atoms with Crippen LogP contribution in [0.3, 0.4) is 0 Å². The second-order valence-electron chi connectivity index (χ2n) is 4.90. The number of anilines is 1. The molecule has 1 heterocycles. The summed E-state index contributed by atoms with van der Waals surface area (Å²) in [7, 11) is 1.89. The van der Waals surface area contributed by atoms with Crippen molar-refractivity contribution in [2.75, 3.05) is 25.5 Å². The minimum absolute atomic E-state index is 0.721. The van der Waals surface area contributed by atoms with Gasteiger partial charge in [-0.2, -0.15) is 0 Å². The van der Waals surface area contributed by atoms with Crippen LogP contribution in [0.2, 0.25) is 0 Å². The topological polar surface area (TPSA) is 41.1 Å². The van der Waals surface area contributed by atoms with Gasteiger partial charge in [0.1, 0.15) is 11.6 Å². The Kier molecular flexibility index (Phi) is 6.05. The summed E-state index contributed by atoms with van der Waals surface area (Å²) in [5.41, 5.74) is 1.02. The Labute approximate surface area is 111 Å². The molecule has 0 bridgehead atoms. The Hall–Kier alpha value is -1.16. The molecule has 1 rings (SSSR count). The maximum atomic E-state index is 4.51. The molecule has 1 N–H and O–H groups in total. The van der Waals surface area contributed by atoms with Gasteiger partial charge >= 0.3 is 0 Å². The molecule has 0 aliphatic carbocycles. The number of aryl methyl sites for hydroxylation is 1. The number of aromatic nitrogens is 2. The summed E-state index contributed by atoms with van der Waals surface area (Å²) in [6, 6.07) is 1.97. The summed E-state index contributed by atoms with van der Waals surface area (Å²) in [6.07, 6.45) is 1.22. The molecule has 0 aliphatic heterocycles. The van der Waals surface area contributed by atoms with E-state index >= 15 is 0 Å². The van der Waals surface area contributed by atoms with E-state index in [9.17, 15) is 0 Å². The monoisotopic (exact) mass is 250 g/mol. The van der Waals surface area contributed by atoms with E-state index < -0.39 is 0 Å². The van der Waals surface area contributed by atoms with Crippen molar-refractivity contribution in [3.8, 4) is 0 Å². The standard InChI is InChI=1S/C14H26N4/c1-6-11(3)9-18(7-2)10-14-16-12(4)8-13(15-5)17-14/h8,11H,6-7,9-10H2,1-5H3,(H,15,16,17). The fourth-order valence-corrected chi connectivity index (χ4v) is 1.90. The van der Waals surface area contributed by atoms with Crippen molar-refractivity contribution in [3.63, 3.8) is 0 Å². The molecule has 4 nitrogen and oxygen atoms in total. The zero-order valence-corrected chi connectivity index (χ0v) is 12.3. The molecule has 1 aromatic heterocycles. The van der Waals surface area contributed by atoms with Gasteiger partial charge in [0.25, 0.3) is 0 Å². The highest BCUT2D eigenvalue weighted by atomic mass is 15.1. The minimum atomic E-state index is 0.721. The van der Waals surface area contributed by atoms with Gasteiger partial charge in [-0.15, -0.1) is 0 Å². The second-order valence-corrected chi connectivity index (χ2v) is 4.90. The first-order valence-corrected chi connectivity index (χ1v) is 6.83. The van der Waals surface area contributed by atoms with Crippen LogP contribution < -0.4 is 5.32 Å². The van der Waals surface area contributed by atoms with Crippen LogP contribution in [0.5, 0.6) is 0 Å². The van der Waals surface area contributed by atoms with Crippen LogP contribution in [0.15, 0.2) is 6.07 Å². The Morgan fingerprint density at radius 3 is 2.61 bits per heavy atom. The lowest BCUT2D eigenvalue weighted by molar-refractivity contribution is 0.232. The summed E-state index contributed by atoms with van der Waals surface area (Å²) >= 11 is 0. The smallest absolute Gasteiger partial charge is 0.144 e. The van der Waals surface area contributed by atoms with Gasteiger partial charge in [-0.1, -0.05) is 27.2 Å². The van der Waals surface area contributed by atoms with Gasteiger partial charge < -0.3 is 5.32 Å². The number of nitrogens with one attached hydrogen (secondary N) is 1. The highest BCUT2D eigenvalue weighted by Crippen LogP contribution is 2.10. The van der Waals surface area contributed by atoms with Gasteiger partial charge in [0.2, 0.25) is 0 Å². The van der Waals surface area contributed by atoms with E-state index in [1.54, 1.807) is 0 Å².